The van der Waals surface area contributed by atoms with Gasteiger partial charge in [-0.15, -0.1) is 0 Å². The molecule has 0 saturated carbocycles. The van der Waals surface area contributed by atoms with Gasteiger partial charge < -0.3 is 9.47 Å². The van der Waals surface area contributed by atoms with Crippen LogP contribution in [0.25, 0.3) is 11.1 Å². The Bertz CT molecular complexity index is 816. The Balaban J connectivity index is 2.03. The number of esters is 1. The topological polar surface area (TPSA) is 38.8 Å². The quantitative estimate of drug-likeness (QED) is 0.531. The average Bonchev–Trinajstić information content (AvgIpc) is 2.60. The molecular weight excluding hydrogens is 374 g/mol. The van der Waals surface area contributed by atoms with Gasteiger partial charge in [0.1, 0.15) is 18.0 Å². The van der Waals surface area contributed by atoms with E-state index in [9.17, 15) is 4.79 Å². The van der Waals surface area contributed by atoms with E-state index < -0.39 is 5.60 Å². The Kier molecular flexibility index (Phi) is 8.08. The molecule has 0 saturated heterocycles. The van der Waals surface area contributed by atoms with Crippen molar-refractivity contribution in [3.05, 3.63) is 54.1 Å². The standard InChI is InChI=1S/C26H37NO3/c1-25(2,3)18-22-17-21(20-11-9-8-10-12-20)13-14-23(22)29-16-15-27(7)19-24(28)30-26(4,5)6/h8-14,17H,15-16,18-19H2,1-7H3. The highest BCUT2D eigenvalue weighted by atomic mass is 16.6. The highest BCUT2D eigenvalue weighted by Crippen LogP contribution is 2.31. The van der Waals surface area contributed by atoms with Crippen molar-refractivity contribution in [3.8, 4) is 16.9 Å². The normalized spacial score (nSPS) is 12.1. The summed E-state index contributed by atoms with van der Waals surface area (Å²) in [6, 6.07) is 16.8. The Labute approximate surface area is 182 Å². The van der Waals surface area contributed by atoms with E-state index in [2.05, 4.69) is 63.2 Å². The summed E-state index contributed by atoms with van der Waals surface area (Å²) in [4.78, 5) is 13.9. The molecule has 4 heteroatoms. The zero-order valence-electron chi connectivity index (χ0n) is 19.6. The summed E-state index contributed by atoms with van der Waals surface area (Å²) >= 11 is 0. The molecule has 2 aromatic carbocycles. The third-order valence-electron chi connectivity index (χ3n) is 4.44. The van der Waals surface area contributed by atoms with Crippen molar-refractivity contribution in [2.24, 2.45) is 5.41 Å². The first-order chi connectivity index (χ1) is 13.9. The molecule has 0 aliphatic rings. The lowest BCUT2D eigenvalue weighted by atomic mass is 9.86. The van der Waals surface area contributed by atoms with Crippen LogP contribution in [0.1, 0.15) is 47.1 Å². The molecular formula is C26H37NO3. The van der Waals surface area contributed by atoms with Gasteiger partial charge in [0.25, 0.3) is 0 Å². The number of rotatable bonds is 8. The van der Waals surface area contributed by atoms with Gasteiger partial charge in [-0.05, 0) is 68.5 Å². The SMILES string of the molecule is CN(CCOc1ccc(-c2ccccc2)cc1CC(C)(C)C)CC(=O)OC(C)(C)C. The van der Waals surface area contributed by atoms with Crippen molar-refractivity contribution in [2.75, 3.05) is 26.7 Å². The van der Waals surface area contributed by atoms with E-state index >= 15 is 0 Å². The number of ether oxygens (including phenoxy) is 2. The highest BCUT2D eigenvalue weighted by molar-refractivity contribution is 5.72. The van der Waals surface area contributed by atoms with E-state index in [4.69, 9.17) is 9.47 Å². The fourth-order valence-corrected chi connectivity index (χ4v) is 3.22. The van der Waals surface area contributed by atoms with Crippen LogP contribution in [0.2, 0.25) is 0 Å². The second-order valence-electron chi connectivity index (χ2n) is 10.1. The number of nitrogens with zero attached hydrogens (tertiary/aromatic N) is 1. The molecule has 0 fully saturated rings. The third kappa shape index (κ3) is 8.58. The lowest BCUT2D eigenvalue weighted by molar-refractivity contribution is -0.155. The molecule has 0 spiro atoms. The Hall–Kier alpha value is -2.33. The van der Waals surface area contributed by atoms with Crippen LogP contribution in [-0.4, -0.2) is 43.2 Å². The minimum Gasteiger partial charge on any atom is -0.492 e. The summed E-state index contributed by atoms with van der Waals surface area (Å²) in [6.07, 6.45) is 0.927. The largest absolute Gasteiger partial charge is 0.492 e. The van der Waals surface area contributed by atoms with E-state index in [1.54, 1.807) is 0 Å². The van der Waals surface area contributed by atoms with Crippen LogP contribution >= 0.6 is 0 Å². The van der Waals surface area contributed by atoms with Gasteiger partial charge >= 0.3 is 5.97 Å². The average molecular weight is 412 g/mol. The van der Waals surface area contributed by atoms with E-state index in [1.807, 2.05) is 38.8 Å². The zero-order valence-corrected chi connectivity index (χ0v) is 19.6. The van der Waals surface area contributed by atoms with Crippen molar-refractivity contribution in [1.29, 1.82) is 0 Å². The van der Waals surface area contributed by atoms with Gasteiger partial charge in [-0.25, -0.2) is 0 Å². The highest BCUT2D eigenvalue weighted by Gasteiger charge is 2.18. The minimum absolute atomic E-state index is 0.154. The summed E-state index contributed by atoms with van der Waals surface area (Å²) in [5.74, 6) is 0.695. The molecule has 0 amide bonds. The number of likely N-dealkylation sites (N-methyl/N-ethyl adjacent to an activating group) is 1. The second kappa shape index (κ2) is 10.1. The molecule has 0 aliphatic heterocycles. The van der Waals surface area contributed by atoms with Crippen molar-refractivity contribution < 1.29 is 14.3 Å². The maximum atomic E-state index is 12.0. The lowest BCUT2D eigenvalue weighted by Crippen LogP contribution is -2.34. The molecule has 4 nitrogen and oxygen atoms in total. The van der Waals surface area contributed by atoms with Gasteiger partial charge in [-0.1, -0.05) is 57.2 Å². The van der Waals surface area contributed by atoms with Crippen molar-refractivity contribution >= 4 is 5.97 Å². The maximum absolute atomic E-state index is 12.0. The molecule has 2 aromatic rings. The minimum atomic E-state index is -0.462. The first-order valence-corrected chi connectivity index (χ1v) is 10.6. The van der Waals surface area contributed by atoms with Gasteiger partial charge in [-0.3, -0.25) is 9.69 Å². The van der Waals surface area contributed by atoms with Crippen molar-refractivity contribution in [2.45, 2.75) is 53.6 Å². The van der Waals surface area contributed by atoms with Gasteiger partial charge in [0.15, 0.2) is 0 Å². The Morgan fingerprint density at radius 2 is 1.60 bits per heavy atom. The summed E-state index contributed by atoms with van der Waals surface area (Å²) < 4.78 is 11.5. The summed E-state index contributed by atoms with van der Waals surface area (Å²) in [5, 5.41) is 0. The van der Waals surface area contributed by atoms with E-state index in [1.165, 1.54) is 16.7 Å². The second-order valence-corrected chi connectivity index (χ2v) is 10.1. The number of hydrogen-bond donors (Lipinski definition) is 0. The van der Waals surface area contributed by atoms with Crippen molar-refractivity contribution in [1.82, 2.24) is 4.90 Å². The van der Waals surface area contributed by atoms with E-state index in [-0.39, 0.29) is 17.9 Å². The fraction of sp³-hybridized carbons (Fsp3) is 0.500. The molecule has 0 unspecified atom stereocenters. The molecule has 0 heterocycles. The zero-order chi connectivity index (χ0) is 22.4. The molecule has 30 heavy (non-hydrogen) atoms. The van der Waals surface area contributed by atoms with Gasteiger partial charge in [0.05, 0.1) is 6.54 Å². The van der Waals surface area contributed by atoms with Crippen LogP contribution in [0.3, 0.4) is 0 Å². The van der Waals surface area contributed by atoms with Crippen LogP contribution in [0.15, 0.2) is 48.5 Å². The first kappa shape index (κ1) is 23.9. The van der Waals surface area contributed by atoms with Crippen LogP contribution in [-0.2, 0) is 16.0 Å². The van der Waals surface area contributed by atoms with Crippen LogP contribution in [0.5, 0.6) is 5.75 Å². The molecule has 164 valence electrons. The maximum Gasteiger partial charge on any atom is 0.320 e. The molecule has 0 bridgehead atoms. The van der Waals surface area contributed by atoms with Crippen LogP contribution in [0.4, 0.5) is 0 Å². The smallest absolute Gasteiger partial charge is 0.320 e. The van der Waals surface area contributed by atoms with E-state index in [0.29, 0.717) is 13.2 Å². The number of benzene rings is 2. The summed E-state index contributed by atoms with van der Waals surface area (Å²) in [5.41, 5.74) is 3.30. The lowest BCUT2D eigenvalue weighted by Gasteiger charge is -2.23. The van der Waals surface area contributed by atoms with Crippen LogP contribution in [0, 0.1) is 5.41 Å². The molecule has 0 N–H and O–H groups in total. The van der Waals surface area contributed by atoms with Gasteiger partial charge in [0.2, 0.25) is 0 Å². The van der Waals surface area contributed by atoms with E-state index in [0.717, 1.165) is 12.2 Å². The van der Waals surface area contributed by atoms with Gasteiger partial charge in [0, 0.05) is 6.54 Å². The first-order valence-electron chi connectivity index (χ1n) is 10.6. The summed E-state index contributed by atoms with van der Waals surface area (Å²) in [7, 11) is 1.90. The Morgan fingerprint density at radius 1 is 0.933 bits per heavy atom. The molecule has 0 radical (unpaired) electrons. The number of hydrogen-bond acceptors (Lipinski definition) is 4. The molecule has 0 aromatic heterocycles. The number of carbonyl (C=O) groups excluding carboxylic acids is 1. The predicted molar refractivity (Wildman–Crippen MR) is 124 cm³/mol. The predicted octanol–water partition coefficient (Wildman–Crippen LogP) is 5.59. The fourth-order valence-electron chi connectivity index (χ4n) is 3.22. The van der Waals surface area contributed by atoms with Gasteiger partial charge in [-0.2, -0.15) is 0 Å². The monoisotopic (exact) mass is 411 g/mol. The van der Waals surface area contributed by atoms with Crippen molar-refractivity contribution in [3.63, 3.8) is 0 Å². The Morgan fingerprint density at radius 3 is 2.20 bits per heavy atom. The molecule has 2 rings (SSSR count). The third-order valence-corrected chi connectivity index (χ3v) is 4.44. The summed E-state index contributed by atoms with van der Waals surface area (Å²) in [6.45, 7) is 13.8. The van der Waals surface area contributed by atoms with Crippen LogP contribution < -0.4 is 4.74 Å². The number of carbonyl (C=O) groups is 1. The molecule has 0 atom stereocenters. The molecule has 0 aliphatic carbocycles.